The first-order chi connectivity index (χ1) is 6.08. The number of nitrogens with two attached hydrogens (primary N) is 1. The average Bonchev–Trinajstić information content (AvgIpc) is 2.33. The number of nitrogens with zero attached hydrogens (tertiary/aromatic N) is 1. The van der Waals surface area contributed by atoms with Gasteiger partial charge in [0.05, 0.1) is 21.4 Å². The van der Waals surface area contributed by atoms with Gasteiger partial charge < -0.3 is 11.1 Å². The number of thiocarbonyl (C=S) groups is 1. The van der Waals surface area contributed by atoms with Crippen molar-refractivity contribution in [3.63, 3.8) is 0 Å². The molecule has 0 unspecified atom stereocenters. The van der Waals surface area contributed by atoms with Crippen LogP contribution in [0.25, 0.3) is 0 Å². The molecule has 1 heterocycles. The maximum Gasteiger partial charge on any atom is 0.232 e. The van der Waals surface area contributed by atoms with Crippen molar-refractivity contribution in [3.8, 4) is 0 Å². The van der Waals surface area contributed by atoms with E-state index in [4.69, 9.17) is 5.73 Å². The van der Waals surface area contributed by atoms with Gasteiger partial charge in [-0.15, -0.1) is 0 Å². The summed E-state index contributed by atoms with van der Waals surface area (Å²) in [6.07, 6.45) is 1.66. The highest BCUT2D eigenvalue weighted by Gasteiger charge is 2.06. The van der Waals surface area contributed by atoms with E-state index >= 15 is 0 Å². The number of rotatable bonds is 3. The number of nitrogens with one attached hydrogen (secondary N) is 1. The molecule has 7 heteroatoms. The molecule has 0 aliphatic rings. The summed E-state index contributed by atoms with van der Waals surface area (Å²) in [4.78, 5) is 15.2. The first-order valence-electron chi connectivity index (χ1n) is 3.27. The fourth-order valence-corrected chi connectivity index (χ4v) is 1.89. The highest BCUT2D eigenvalue weighted by molar-refractivity contribution is 9.11. The molecule has 0 aliphatic carbocycles. The Labute approximate surface area is 92.7 Å². The van der Waals surface area contributed by atoms with Gasteiger partial charge in [0.2, 0.25) is 5.91 Å². The predicted molar refractivity (Wildman–Crippen MR) is 59.8 cm³/mol. The van der Waals surface area contributed by atoms with E-state index in [2.05, 4.69) is 38.4 Å². The lowest BCUT2D eigenvalue weighted by molar-refractivity contribution is -0.115. The summed E-state index contributed by atoms with van der Waals surface area (Å²) in [6, 6.07) is 0. The first-order valence-corrected chi connectivity index (χ1v) is 5.29. The summed E-state index contributed by atoms with van der Waals surface area (Å²) >= 11 is 9.14. The van der Waals surface area contributed by atoms with E-state index in [1.54, 1.807) is 6.20 Å². The lowest BCUT2D eigenvalue weighted by Gasteiger charge is -1.98. The molecule has 0 bridgehead atoms. The summed E-state index contributed by atoms with van der Waals surface area (Å²) in [7, 11) is 0. The van der Waals surface area contributed by atoms with Crippen LogP contribution in [0.5, 0.6) is 0 Å². The molecule has 0 spiro atoms. The van der Waals surface area contributed by atoms with E-state index in [-0.39, 0.29) is 17.3 Å². The molecule has 0 fully saturated rings. The highest BCUT2D eigenvalue weighted by atomic mass is 79.9. The number of hydrogen-bond acceptors (Lipinski definition) is 4. The van der Waals surface area contributed by atoms with Crippen molar-refractivity contribution < 1.29 is 4.79 Å². The van der Waals surface area contributed by atoms with Crippen LogP contribution in [0.1, 0.15) is 6.42 Å². The number of aromatic nitrogens is 1. The Morgan fingerprint density at radius 1 is 1.85 bits per heavy atom. The Hall–Kier alpha value is -0.530. The molecule has 1 aromatic heterocycles. The van der Waals surface area contributed by atoms with Gasteiger partial charge in [0.15, 0.2) is 5.13 Å². The molecule has 1 rings (SSSR count). The zero-order valence-electron chi connectivity index (χ0n) is 6.41. The monoisotopic (exact) mass is 279 g/mol. The van der Waals surface area contributed by atoms with Gasteiger partial charge in [0.25, 0.3) is 0 Å². The number of thiazole rings is 1. The van der Waals surface area contributed by atoms with Crippen molar-refractivity contribution in [2.75, 3.05) is 5.32 Å². The molecule has 0 aliphatic heterocycles. The molecular weight excluding hydrogens is 274 g/mol. The molecule has 0 aromatic carbocycles. The van der Waals surface area contributed by atoms with Gasteiger partial charge >= 0.3 is 0 Å². The molecule has 0 atom stereocenters. The third kappa shape index (κ3) is 3.79. The number of anilines is 1. The van der Waals surface area contributed by atoms with E-state index in [0.717, 1.165) is 3.79 Å². The van der Waals surface area contributed by atoms with Crippen LogP contribution < -0.4 is 11.1 Å². The van der Waals surface area contributed by atoms with Crippen LogP contribution in [-0.4, -0.2) is 15.9 Å². The molecule has 0 saturated heterocycles. The normalized spacial score (nSPS) is 9.62. The largest absolute Gasteiger partial charge is 0.393 e. The SMILES string of the molecule is NC(=S)CC(=O)Nc1ncc(Br)s1. The first kappa shape index (κ1) is 10.6. The number of amides is 1. The van der Waals surface area contributed by atoms with Crippen LogP contribution in [0.15, 0.2) is 9.98 Å². The fourth-order valence-electron chi connectivity index (χ4n) is 0.634. The molecule has 3 N–H and O–H groups in total. The highest BCUT2D eigenvalue weighted by Crippen LogP contribution is 2.22. The quantitative estimate of drug-likeness (QED) is 0.824. The van der Waals surface area contributed by atoms with Gasteiger partial charge in [0, 0.05) is 0 Å². The zero-order valence-corrected chi connectivity index (χ0v) is 9.63. The number of carbonyl (C=O) groups excluding carboxylic acids is 1. The summed E-state index contributed by atoms with van der Waals surface area (Å²) in [6.45, 7) is 0. The third-order valence-electron chi connectivity index (χ3n) is 1.06. The smallest absolute Gasteiger partial charge is 0.232 e. The average molecular weight is 280 g/mol. The van der Waals surface area contributed by atoms with Gasteiger partial charge in [-0.1, -0.05) is 23.6 Å². The lowest BCUT2D eigenvalue weighted by atomic mass is 10.4. The van der Waals surface area contributed by atoms with Crippen LogP contribution in [0.2, 0.25) is 0 Å². The summed E-state index contributed by atoms with van der Waals surface area (Å²) in [5.74, 6) is -0.241. The molecule has 0 radical (unpaired) electrons. The minimum absolute atomic E-state index is 0.0481. The second kappa shape index (κ2) is 4.64. The third-order valence-corrected chi connectivity index (χ3v) is 2.59. The molecule has 1 aromatic rings. The van der Waals surface area contributed by atoms with Crippen LogP contribution in [0, 0.1) is 0 Å². The van der Waals surface area contributed by atoms with Crippen LogP contribution in [0.4, 0.5) is 5.13 Å². The van der Waals surface area contributed by atoms with Crippen LogP contribution in [-0.2, 0) is 4.79 Å². The number of carbonyl (C=O) groups is 1. The van der Waals surface area contributed by atoms with Crippen molar-refractivity contribution >= 4 is 55.5 Å². The van der Waals surface area contributed by atoms with Crippen molar-refractivity contribution in [1.82, 2.24) is 4.98 Å². The van der Waals surface area contributed by atoms with Gasteiger partial charge in [-0.25, -0.2) is 4.98 Å². The summed E-state index contributed by atoms with van der Waals surface area (Å²) < 4.78 is 0.859. The number of halogens is 1. The molecule has 0 saturated carbocycles. The van der Waals surface area contributed by atoms with Gasteiger partial charge in [-0.05, 0) is 15.9 Å². The van der Waals surface area contributed by atoms with E-state index < -0.39 is 0 Å². The van der Waals surface area contributed by atoms with E-state index in [0.29, 0.717) is 5.13 Å². The molecule has 70 valence electrons. The Morgan fingerprint density at radius 2 is 2.54 bits per heavy atom. The van der Waals surface area contributed by atoms with Crippen molar-refractivity contribution in [3.05, 3.63) is 9.98 Å². The summed E-state index contributed by atoms with van der Waals surface area (Å²) in [5.41, 5.74) is 5.20. The Kier molecular flexibility index (Phi) is 3.76. The van der Waals surface area contributed by atoms with Gasteiger partial charge in [-0.3, -0.25) is 4.79 Å². The van der Waals surface area contributed by atoms with Crippen molar-refractivity contribution in [2.45, 2.75) is 6.42 Å². The summed E-state index contributed by atoms with van der Waals surface area (Å²) in [5, 5.41) is 3.10. The van der Waals surface area contributed by atoms with E-state index in [9.17, 15) is 4.79 Å². The fraction of sp³-hybridized carbons (Fsp3) is 0.167. The van der Waals surface area contributed by atoms with E-state index in [1.165, 1.54) is 11.3 Å². The van der Waals surface area contributed by atoms with Gasteiger partial charge in [-0.2, -0.15) is 0 Å². The Morgan fingerprint density at radius 3 is 3.00 bits per heavy atom. The second-order valence-electron chi connectivity index (χ2n) is 2.16. The second-order valence-corrected chi connectivity index (χ2v) is 5.10. The predicted octanol–water partition coefficient (Wildman–Crippen LogP) is 1.52. The van der Waals surface area contributed by atoms with Gasteiger partial charge in [0.1, 0.15) is 0 Å². The van der Waals surface area contributed by atoms with Crippen molar-refractivity contribution in [2.24, 2.45) is 5.73 Å². The topological polar surface area (TPSA) is 68.0 Å². The maximum atomic E-state index is 11.1. The number of hydrogen-bond donors (Lipinski definition) is 2. The molecule has 1 amide bonds. The standard InChI is InChI=1S/C6H6BrN3OS2/c7-3-2-9-6(13-3)10-5(11)1-4(8)12/h2H,1H2,(H2,8,12)(H,9,10,11). The Bertz CT molecular complexity index is 338. The zero-order chi connectivity index (χ0) is 9.84. The van der Waals surface area contributed by atoms with Crippen LogP contribution >= 0.6 is 39.5 Å². The maximum absolute atomic E-state index is 11.1. The molecule has 13 heavy (non-hydrogen) atoms. The Balaban J connectivity index is 2.50. The minimum Gasteiger partial charge on any atom is -0.393 e. The van der Waals surface area contributed by atoms with E-state index in [1.807, 2.05) is 0 Å². The molecular formula is C6H6BrN3OS2. The van der Waals surface area contributed by atoms with Crippen LogP contribution in [0.3, 0.4) is 0 Å². The lowest BCUT2D eigenvalue weighted by Crippen LogP contribution is -2.19. The van der Waals surface area contributed by atoms with Crippen molar-refractivity contribution in [1.29, 1.82) is 0 Å². The molecule has 4 nitrogen and oxygen atoms in total. The minimum atomic E-state index is -0.241.